The Morgan fingerprint density at radius 1 is 0.267 bits per heavy atom. The molecule has 0 aliphatic rings. The van der Waals surface area contributed by atoms with Crippen molar-refractivity contribution in [2.45, 2.75) is 0 Å². The summed E-state index contributed by atoms with van der Waals surface area (Å²) in [5.41, 5.74) is 12.5. The van der Waals surface area contributed by atoms with E-state index in [0.29, 0.717) is 0 Å². The van der Waals surface area contributed by atoms with E-state index in [0.717, 1.165) is 33.8 Å². The second-order valence-corrected chi connectivity index (χ2v) is 15.4. The zero-order valence-electron chi connectivity index (χ0n) is 32.8. The summed E-state index contributed by atoms with van der Waals surface area (Å²) in [5, 5.41) is 9.91. The number of nitrogens with zero attached hydrogens (tertiary/aromatic N) is 1. The second kappa shape index (κ2) is 14.8. The van der Waals surface area contributed by atoms with Crippen LogP contribution in [0, 0.1) is 5.82 Å². The molecule has 0 atom stereocenters. The standard InChI is InChI=1S/C58H38FN/c59-45-31-35-48(36-32-45)60(46-16-2-1-3-17-46)47-33-28-40(29-34-47)39-24-26-41(27-25-39)44-30-37-55-56(38-44)58(52-23-11-15-43-13-5-7-19-50(43)52)54-21-9-8-20-53(54)57(55)51-22-10-14-42-12-4-6-18-49(42)51/h1-38H. The minimum Gasteiger partial charge on any atom is -0.311 e. The van der Waals surface area contributed by atoms with Crippen molar-refractivity contribution in [3.8, 4) is 44.5 Å². The Kier molecular flexibility index (Phi) is 8.75. The molecule has 0 saturated heterocycles. The van der Waals surface area contributed by atoms with Gasteiger partial charge in [0.05, 0.1) is 0 Å². The van der Waals surface area contributed by atoms with Gasteiger partial charge < -0.3 is 4.90 Å². The smallest absolute Gasteiger partial charge is 0.123 e. The summed E-state index contributed by atoms with van der Waals surface area (Å²) in [6.45, 7) is 0. The topological polar surface area (TPSA) is 3.24 Å². The number of para-hydroxylation sites is 1. The fourth-order valence-electron chi connectivity index (χ4n) is 9.10. The van der Waals surface area contributed by atoms with Gasteiger partial charge in [-0.05, 0) is 142 Å². The Morgan fingerprint density at radius 2 is 0.650 bits per heavy atom. The lowest BCUT2D eigenvalue weighted by Crippen LogP contribution is -2.09. The van der Waals surface area contributed by atoms with Crippen molar-refractivity contribution in [1.82, 2.24) is 0 Å². The molecule has 0 aromatic heterocycles. The van der Waals surface area contributed by atoms with Crippen molar-refractivity contribution in [1.29, 1.82) is 0 Å². The maximum absolute atomic E-state index is 13.9. The molecule has 282 valence electrons. The van der Waals surface area contributed by atoms with Crippen molar-refractivity contribution in [3.63, 3.8) is 0 Å². The summed E-state index contributed by atoms with van der Waals surface area (Å²) >= 11 is 0. The van der Waals surface area contributed by atoms with Gasteiger partial charge in [-0.3, -0.25) is 0 Å². The Morgan fingerprint density at radius 3 is 1.22 bits per heavy atom. The lowest BCUT2D eigenvalue weighted by molar-refractivity contribution is 0.628. The van der Waals surface area contributed by atoms with Gasteiger partial charge in [0, 0.05) is 17.1 Å². The third-order valence-corrected chi connectivity index (χ3v) is 11.9. The molecule has 0 fully saturated rings. The molecule has 0 N–H and O–H groups in total. The van der Waals surface area contributed by atoms with E-state index in [-0.39, 0.29) is 5.82 Å². The van der Waals surface area contributed by atoms with Crippen LogP contribution in [0.3, 0.4) is 0 Å². The zero-order chi connectivity index (χ0) is 40.0. The van der Waals surface area contributed by atoms with Crippen molar-refractivity contribution < 1.29 is 4.39 Å². The van der Waals surface area contributed by atoms with E-state index < -0.39 is 0 Å². The monoisotopic (exact) mass is 767 g/mol. The molecule has 0 aliphatic carbocycles. The third kappa shape index (κ3) is 6.18. The fraction of sp³-hybridized carbons (Fsp3) is 0. The normalized spacial score (nSPS) is 11.4. The Balaban J connectivity index is 1.04. The largest absolute Gasteiger partial charge is 0.311 e. The van der Waals surface area contributed by atoms with Crippen LogP contribution in [0.2, 0.25) is 0 Å². The molecule has 0 spiro atoms. The summed E-state index contributed by atoms with van der Waals surface area (Å²) in [5.74, 6) is -0.251. The lowest BCUT2D eigenvalue weighted by Gasteiger charge is -2.25. The zero-order valence-corrected chi connectivity index (χ0v) is 32.8. The predicted molar refractivity (Wildman–Crippen MR) is 253 cm³/mol. The number of hydrogen-bond acceptors (Lipinski definition) is 1. The summed E-state index contributed by atoms with van der Waals surface area (Å²) in [4.78, 5) is 2.15. The molecule has 1 nitrogen and oxygen atoms in total. The van der Waals surface area contributed by atoms with Gasteiger partial charge in [-0.15, -0.1) is 0 Å². The van der Waals surface area contributed by atoms with Crippen LogP contribution in [0.5, 0.6) is 0 Å². The average molecular weight is 768 g/mol. The molecule has 2 heteroatoms. The van der Waals surface area contributed by atoms with Crippen LogP contribution in [0.4, 0.5) is 21.5 Å². The van der Waals surface area contributed by atoms with E-state index in [1.54, 1.807) is 0 Å². The molecule has 60 heavy (non-hydrogen) atoms. The van der Waals surface area contributed by atoms with Crippen LogP contribution in [0.1, 0.15) is 0 Å². The number of rotatable bonds is 7. The highest BCUT2D eigenvalue weighted by Crippen LogP contribution is 2.47. The van der Waals surface area contributed by atoms with Crippen LogP contribution >= 0.6 is 0 Å². The predicted octanol–water partition coefficient (Wildman–Crippen LogP) is 16.6. The van der Waals surface area contributed by atoms with E-state index in [1.807, 2.05) is 30.3 Å². The molecular weight excluding hydrogens is 730 g/mol. The number of anilines is 3. The quantitative estimate of drug-likeness (QED) is 0.146. The van der Waals surface area contributed by atoms with Gasteiger partial charge in [0.2, 0.25) is 0 Å². The molecule has 0 saturated carbocycles. The maximum atomic E-state index is 13.9. The number of fused-ring (bicyclic) bond motifs is 4. The molecule has 11 rings (SSSR count). The number of halogens is 1. The average Bonchev–Trinajstić information content (AvgIpc) is 3.32. The highest BCUT2D eigenvalue weighted by atomic mass is 19.1. The van der Waals surface area contributed by atoms with Crippen molar-refractivity contribution in [3.05, 3.63) is 236 Å². The summed E-state index contributed by atoms with van der Waals surface area (Å²) in [6, 6.07) is 81.1. The molecule has 11 aromatic rings. The van der Waals surface area contributed by atoms with Crippen LogP contribution in [-0.2, 0) is 0 Å². The Labute approximate surface area is 348 Å². The summed E-state index contributed by atoms with van der Waals surface area (Å²) in [6.07, 6.45) is 0. The second-order valence-electron chi connectivity index (χ2n) is 15.4. The molecule has 0 bridgehead atoms. The highest BCUT2D eigenvalue weighted by Gasteiger charge is 2.20. The molecule has 0 radical (unpaired) electrons. The molecule has 0 unspecified atom stereocenters. The SMILES string of the molecule is Fc1ccc(N(c2ccccc2)c2ccc(-c3ccc(-c4ccc5c(-c6cccc7ccccc67)c6ccccc6c(-c6cccc7ccccc67)c5c4)cc3)cc2)cc1. The van der Waals surface area contributed by atoms with E-state index in [2.05, 4.69) is 193 Å². The first-order valence-electron chi connectivity index (χ1n) is 20.4. The minimum absolute atomic E-state index is 0.251. The van der Waals surface area contributed by atoms with Gasteiger partial charge in [0.1, 0.15) is 5.82 Å². The molecule has 11 aromatic carbocycles. The summed E-state index contributed by atoms with van der Waals surface area (Å²) in [7, 11) is 0. The Bertz CT molecular complexity index is 3340. The van der Waals surface area contributed by atoms with Crippen LogP contribution in [0.25, 0.3) is 87.6 Å². The third-order valence-electron chi connectivity index (χ3n) is 11.9. The first-order chi connectivity index (χ1) is 29.7. The van der Waals surface area contributed by atoms with Gasteiger partial charge in [-0.1, -0.05) is 176 Å². The minimum atomic E-state index is -0.251. The van der Waals surface area contributed by atoms with Gasteiger partial charge in [0.25, 0.3) is 0 Å². The van der Waals surface area contributed by atoms with Crippen molar-refractivity contribution in [2.24, 2.45) is 0 Å². The fourth-order valence-corrected chi connectivity index (χ4v) is 9.10. The van der Waals surface area contributed by atoms with E-state index in [1.165, 1.54) is 83.0 Å². The molecular formula is C58H38FN. The lowest BCUT2D eigenvalue weighted by atomic mass is 9.83. The van der Waals surface area contributed by atoms with Gasteiger partial charge >= 0.3 is 0 Å². The van der Waals surface area contributed by atoms with Gasteiger partial charge in [-0.2, -0.15) is 0 Å². The van der Waals surface area contributed by atoms with E-state index in [4.69, 9.17) is 0 Å². The van der Waals surface area contributed by atoms with Crippen LogP contribution in [0.15, 0.2) is 231 Å². The Hall–Kier alpha value is -7.81. The van der Waals surface area contributed by atoms with Gasteiger partial charge in [-0.25, -0.2) is 4.39 Å². The highest BCUT2D eigenvalue weighted by molar-refractivity contribution is 6.25. The molecule has 0 heterocycles. The summed E-state index contributed by atoms with van der Waals surface area (Å²) < 4.78 is 13.9. The van der Waals surface area contributed by atoms with Gasteiger partial charge in [0.15, 0.2) is 0 Å². The van der Waals surface area contributed by atoms with Crippen molar-refractivity contribution >= 4 is 60.2 Å². The van der Waals surface area contributed by atoms with Crippen LogP contribution < -0.4 is 4.90 Å². The van der Waals surface area contributed by atoms with E-state index >= 15 is 0 Å². The first kappa shape index (κ1) is 35.4. The first-order valence-corrected chi connectivity index (χ1v) is 20.4. The van der Waals surface area contributed by atoms with Crippen molar-refractivity contribution in [2.75, 3.05) is 4.90 Å². The number of benzene rings is 11. The number of hydrogen-bond donors (Lipinski definition) is 0. The maximum Gasteiger partial charge on any atom is 0.123 e. The van der Waals surface area contributed by atoms with E-state index in [9.17, 15) is 4.39 Å². The molecule has 0 amide bonds. The van der Waals surface area contributed by atoms with Crippen LogP contribution in [-0.4, -0.2) is 0 Å². The molecule has 0 aliphatic heterocycles.